The third-order valence-electron chi connectivity index (χ3n) is 4.11. The Morgan fingerprint density at radius 3 is 3.10 bits per heavy atom. The Hall–Kier alpha value is -1.13. The highest BCUT2D eigenvalue weighted by Gasteiger charge is 2.31. The molecule has 112 valence electrons. The van der Waals surface area contributed by atoms with Gasteiger partial charge in [-0.25, -0.2) is 0 Å². The van der Waals surface area contributed by atoms with Crippen molar-refractivity contribution >= 4 is 5.69 Å². The van der Waals surface area contributed by atoms with Crippen LogP contribution in [0.4, 0.5) is 5.69 Å². The van der Waals surface area contributed by atoms with Crippen LogP contribution in [0.25, 0.3) is 0 Å². The molecule has 1 saturated heterocycles. The Morgan fingerprint density at radius 2 is 2.35 bits per heavy atom. The molecule has 4 nitrogen and oxygen atoms in total. The third-order valence-corrected chi connectivity index (χ3v) is 4.11. The van der Waals surface area contributed by atoms with Gasteiger partial charge in [-0.3, -0.25) is 4.98 Å². The summed E-state index contributed by atoms with van der Waals surface area (Å²) in [5.41, 5.74) is 2.54. The first-order valence-electron chi connectivity index (χ1n) is 7.62. The van der Waals surface area contributed by atoms with Crippen molar-refractivity contribution in [2.75, 3.05) is 31.6 Å². The lowest BCUT2D eigenvalue weighted by atomic mass is 9.94. The van der Waals surface area contributed by atoms with Crippen molar-refractivity contribution in [3.63, 3.8) is 0 Å². The molecule has 1 fully saturated rings. The average molecular weight is 277 g/mol. The predicted molar refractivity (Wildman–Crippen MR) is 83.1 cm³/mol. The van der Waals surface area contributed by atoms with Gasteiger partial charge in [-0.05, 0) is 38.8 Å². The van der Waals surface area contributed by atoms with Gasteiger partial charge in [0.1, 0.15) is 0 Å². The lowest BCUT2D eigenvalue weighted by Gasteiger charge is -2.41. The molecule has 0 amide bonds. The molecule has 4 heteroatoms. The van der Waals surface area contributed by atoms with Crippen LogP contribution in [0.5, 0.6) is 0 Å². The maximum Gasteiger partial charge on any atom is 0.0825 e. The second-order valence-corrected chi connectivity index (χ2v) is 5.86. The van der Waals surface area contributed by atoms with Crippen molar-refractivity contribution in [1.82, 2.24) is 10.3 Å². The number of nitrogens with one attached hydrogen (secondary N) is 1. The molecule has 1 aliphatic rings. The Morgan fingerprint density at radius 1 is 1.50 bits per heavy atom. The summed E-state index contributed by atoms with van der Waals surface area (Å²) in [6.07, 6.45) is 7.33. The number of rotatable bonds is 6. The van der Waals surface area contributed by atoms with E-state index in [1.54, 1.807) is 0 Å². The van der Waals surface area contributed by atoms with E-state index in [9.17, 15) is 0 Å². The van der Waals surface area contributed by atoms with Crippen LogP contribution >= 0.6 is 0 Å². The molecule has 0 aliphatic carbocycles. The molecule has 20 heavy (non-hydrogen) atoms. The number of nitrogens with zero attached hydrogens (tertiary/aromatic N) is 2. The van der Waals surface area contributed by atoms with Crippen molar-refractivity contribution < 1.29 is 4.74 Å². The number of hydrogen-bond donors (Lipinski definition) is 1. The Kier molecular flexibility index (Phi) is 5.38. The van der Waals surface area contributed by atoms with Gasteiger partial charge in [-0.2, -0.15) is 0 Å². The van der Waals surface area contributed by atoms with Crippen molar-refractivity contribution in [3.05, 3.63) is 24.0 Å². The number of methoxy groups -OCH3 is 1. The molecular formula is C16H27N3O. The average Bonchev–Trinajstić information content (AvgIpc) is 2.48. The van der Waals surface area contributed by atoms with Crippen LogP contribution in [-0.2, 0) is 11.3 Å². The fourth-order valence-electron chi connectivity index (χ4n) is 2.84. The van der Waals surface area contributed by atoms with E-state index in [1.807, 2.05) is 19.5 Å². The topological polar surface area (TPSA) is 37.4 Å². The number of anilines is 1. The lowest BCUT2D eigenvalue weighted by molar-refractivity contribution is -0.00468. The molecule has 0 spiro atoms. The highest BCUT2D eigenvalue weighted by atomic mass is 16.5. The van der Waals surface area contributed by atoms with E-state index in [-0.39, 0.29) is 5.60 Å². The number of aromatic nitrogens is 1. The van der Waals surface area contributed by atoms with Gasteiger partial charge in [0, 0.05) is 50.4 Å². The minimum Gasteiger partial charge on any atom is -0.377 e. The fourth-order valence-corrected chi connectivity index (χ4v) is 2.84. The van der Waals surface area contributed by atoms with E-state index in [0.717, 1.165) is 39.0 Å². The Balaban J connectivity index is 2.11. The summed E-state index contributed by atoms with van der Waals surface area (Å²) in [7, 11) is 1.82. The predicted octanol–water partition coefficient (Wildman–Crippen LogP) is 2.59. The molecule has 0 bridgehead atoms. The van der Waals surface area contributed by atoms with Crippen LogP contribution in [0.15, 0.2) is 18.5 Å². The van der Waals surface area contributed by atoms with Gasteiger partial charge in [0.2, 0.25) is 0 Å². The summed E-state index contributed by atoms with van der Waals surface area (Å²) in [5.74, 6) is 0. The second kappa shape index (κ2) is 7.04. The van der Waals surface area contributed by atoms with E-state index in [4.69, 9.17) is 4.74 Å². The quantitative estimate of drug-likeness (QED) is 0.811. The van der Waals surface area contributed by atoms with Crippen LogP contribution in [0.3, 0.4) is 0 Å². The molecule has 2 rings (SSSR count). The molecule has 1 atom stereocenters. The van der Waals surface area contributed by atoms with Gasteiger partial charge < -0.3 is 15.0 Å². The smallest absolute Gasteiger partial charge is 0.0825 e. The van der Waals surface area contributed by atoms with Gasteiger partial charge in [-0.15, -0.1) is 0 Å². The molecule has 1 aliphatic heterocycles. The molecule has 0 aromatic carbocycles. The van der Waals surface area contributed by atoms with E-state index >= 15 is 0 Å². The number of hydrogen-bond acceptors (Lipinski definition) is 4. The van der Waals surface area contributed by atoms with E-state index in [1.165, 1.54) is 17.7 Å². The molecule has 1 aromatic rings. The summed E-state index contributed by atoms with van der Waals surface area (Å²) in [6.45, 7) is 8.38. The summed E-state index contributed by atoms with van der Waals surface area (Å²) in [4.78, 5) is 6.72. The van der Waals surface area contributed by atoms with Crippen LogP contribution in [0.1, 0.15) is 38.7 Å². The van der Waals surface area contributed by atoms with Crippen molar-refractivity contribution in [3.8, 4) is 0 Å². The SMILES string of the molecule is CCCNCc1cnccc1N1CCCC(C)(OC)C1. The maximum atomic E-state index is 5.70. The zero-order valence-electron chi connectivity index (χ0n) is 13.0. The standard InChI is InChI=1S/C16H27N3O/c1-4-8-17-11-14-12-18-9-6-15(14)19-10-5-7-16(2,13-19)20-3/h6,9,12,17H,4-5,7-8,10-11,13H2,1-3H3. The Bertz CT molecular complexity index is 424. The minimum absolute atomic E-state index is 0.0321. The highest BCUT2D eigenvalue weighted by molar-refractivity contribution is 5.53. The third kappa shape index (κ3) is 3.70. The minimum atomic E-state index is -0.0321. The zero-order chi connectivity index (χ0) is 14.4. The summed E-state index contributed by atoms with van der Waals surface area (Å²) in [6, 6.07) is 2.13. The number of ether oxygens (including phenoxy) is 1. The van der Waals surface area contributed by atoms with Gasteiger partial charge in [0.25, 0.3) is 0 Å². The highest BCUT2D eigenvalue weighted by Crippen LogP contribution is 2.29. The van der Waals surface area contributed by atoms with Crippen molar-refractivity contribution in [2.45, 2.75) is 45.3 Å². The second-order valence-electron chi connectivity index (χ2n) is 5.86. The lowest BCUT2D eigenvalue weighted by Crippen LogP contribution is -2.47. The zero-order valence-corrected chi connectivity index (χ0v) is 13.0. The Labute approximate surface area is 122 Å². The molecule has 1 unspecified atom stereocenters. The maximum absolute atomic E-state index is 5.70. The summed E-state index contributed by atoms with van der Waals surface area (Å²) in [5, 5.41) is 3.47. The molecular weight excluding hydrogens is 250 g/mol. The molecule has 0 saturated carbocycles. The van der Waals surface area contributed by atoms with Crippen LogP contribution in [-0.4, -0.2) is 37.3 Å². The van der Waals surface area contributed by atoms with Gasteiger partial charge in [0.15, 0.2) is 0 Å². The van der Waals surface area contributed by atoms with Gasteiger partial charge in [0.05, 0.1) is 5.60 Å². The molecule has 2 heterocycles. The first kappa shape index (κ1) is 15.3. The fraction of sp³-hybridized carbons (Fsp3) is 0.688. The molecule has 1 aromatic heterocycles. The summed E-state index contributed by atoms with van der Waals surface area (Å²) < 4.78 is 5.70. The first-order chi connectivity index (χ1) is 9.68. The monoisotopic (exact) mass is 277 g/mol. The van der Waals surface area contributed by atoms with E-state index < -0.39 is 0 Å². The first-order valence-corrected chi connectivity index (χ1v) is 7.62. The molecule has 0 radical (unpaired) electrons. The normalized spacial score (nSPS) is 23.1. The summed E-state index contributed by atoms with van der Waals surface area (Å²) >= 11 is 0. The van der Waals surface area contributed by atoms with Crippen LogP contribution < -0.4 is 10.2 Å². The van der Waals surface area contributed by atoms with Crippen LogP contribution in [0.2, 0.25) is 0 Å². The van der Waals surface area contributed by atoms with Crippen molar-refractivity contribution in [2.24, 2.45) is 0 Å². The van der Waals surface area contributed by atoms with Crippen molar-refractivity contribution in [1.29, 1.82) is 0 Å². The van der Waals surface area contributed by atoms with Crippen LogP contribution in [0, 0.1) is 0 Å². The van der Waals surface area contributed by atoms with Gasteiger partial charge >= 0.3 is 0 Å². The largest absolute Gasteiger partial charge is 0.377 e. The van der Waals surface area contributed by atoms with Gasteiger partial charge in [-0.1, -0.05) is 6.92 Å². The number of pyridine rings is 1. The van der Waals surface area contributed by atoms with E-state index in [0.29, 0.717) is 0 Å². The van der Waals surface area contributed by atoms with E-state index in [2.05, 4.69) is 35.1 Å². The number of piperidine rings is 1. The molecule has 1 N–H and O–H groups in total.